The number of hydrogen-bond acceptors (Lipinski definition) is 2. The van der Waals surface area contributed by atoms with E-state index in [1.807, 2.05) is 59.2 Å². The predicted octanol–water partition coefficient (Wildman–Crippen LogP) is 4.65. The molecule has 0 saturated carbocycles. The highest BCUT2D eigenvalue weighted by molar-refractivity contribution is 6.48. The zero-order valence-corrected chi connectivity index (χ0v) is 14.9. The summed E-state index contributed by atoms with van der Waals surface area (Å²) in [5, 5.41) is 3.25. The van der Waals surface area contributed by atoms with Gasteiger partial charge in [0.05, 0.1) is 5.56 Å². The van der Waals surface area contributed by atoms with Gasteiger partial charge in [-0.3, -0.25) is 9.59 Å². The molecule has 0 unspecified atom stereocenters. The van der Waals surface area contributed by atoms with E-state index in [1.54, 1.807) is 6.20 Å². The van der Waals surface area contributed by atoms with Gasteiger partial charge in [-0.1, -0.05) is 48.5 Å². The first-order valence-corrected chi connectivity index (χ1v) is 8.85. The van der Waals surface area contributed by atoms with Gasteiger partial charge in [-0.25, -0.2) is 4.39 Å². The lowest BCUT2D eigenvalue weighted by Gasteiger charge is -2.05. The largest absolute Gasteiger partial charge is 0.342 e. The van der Waals surface area contributed by atoms with Crippen molar-refractivity contribution in [2.75, 3.05) is 5.32 Å². The number of para-hydroxylation sites is 1. The lowest BCUT2D eigenvalue weighted by atomic mass is 10.1. The maximum Gasteiger partial charge on any atom is 0.296 e. The zero-order valence-electron chi connectivity index (χ0n) is 14.9. The van der Waals surface area contributed by atoms with Crippen molar-refractivity contribution in [3.8, 4) is 0 Å². The highest BCUT2D eigenvalue weighted by atomic mass is 19.1. The summed E-state index contributed by atoms with van der Waals surface area (Å²) in [6.07, 6.45) is 1.71. The average Bonchev–Trinajstić information content (AvgIpc) is 3.08. The molecule has 1 N–H and O–H groups in total. The number of halogens is 1. The second kappa shape index (κ2) is 7.48. The monoisotopic (exact) mass is 372 g/mol. The Morgan fingerprint density at radius 2 is 1.54 bits per heavy atom. The minimum absolute atomic E-state index is 0.339. The average molecular weight is 372 g/mol. The Kier molecular flexibility index (Phi) is 4.72. The summed E-state index contributed by atoms with van der Waals surface area (Å²) in [4.78, 5) is 25.2. The van der Waals surface area contributed by atoms with Crippen LogP contribution in [0.4, 0.5) is 10.1 Å². The van der Waals surface area contributed by atoms with Gasteiger partial charge in [-0.05, 0) is 35.9 Å². The van der Waals surface area contributed by atoms with Crippen LogP contribution >= 0.6 is 0 Å². The Balaban J connectivity index is 1.65. The van der Waals surface area contributed by atoms with Gasteiger partial charge in [-0.2, -0.15) is 0 Å². The van der Waals surface area contributed by atoms with Crippen LogP contribution in [0.5, 0.6) is 0 Å². The molecule has 4 rings (SSSR count). The molecule has 4 aromatic rings. The molecule has 138 valence electrons. The second-order valence-corrected chi connectivity index (χ2v) is 6.46. The van der Waals surface area contributed by atoms with Crippen LogP contribution in [-0.4, -0.2) is 16.3 Å². The smallest absolute Gasteiger partial charge is 0.296 e. The first-order chi connectivity index (χ1) is 13.6. The number of hydrogen-bond donors (Lipinski definition) is 1. The summed E-state index contributed by atoms with van der Waals surface area (Å²) in [6, 6.07) is 22.7. The van der Waals surface area contributed by atoms with Crippen molar-refractivity contribution in [3.05, 3.63) is 102 Å². The quantitative estimate of drug-likeness (QED) is 0.409. The lowest BCUT2D eigenvalue weighted by Crippen LogP contribution is -2.22. The molecule has 1 aromatic heterocycles. The summed E-state index contributed by atoms with van der Waals surface area (Å²) in [6.45, 7) is 0.591. The molecule has 28 heavy (non-hydrogen) atoms. The lowest BCUT2D eigenvalue weighted by molar-refractivity contribution is -0.112. The van der Waals surface area contributed by atoms with Gasteiger partial charge in [0, 0.05) is 29.3 Å². The molecule has 0 atom stereocenters. The molecule has 0 fully saturated rings. The Labute approximate surface area is 161 Å². The molecular formula is C23H17FN2O2. The maximum atomic E-state index is 13.0. The number of nitrogens with one attached hydrogen (secondary N) is 1. The first-order valence-electron chi connectivity index (χ1n) is 8.85. The summed E-state index contributed by atoms with van der Waals surface area (Å²) in [5.41, 5.74) is 2.68. The van der Waals surface area contributed by atoms with Crippen LogP contribution in [0.25, 0.3) is 10.9 Å². The molecule has 0 radical (unpaired) electrons. The number of rotatable bonds is 5. The van der Waals surface area contributed by atoms with Crippen LogP contribution in [0.3, 0.4) is 0 Å². The number of anilines is 1. The van der Waals surface area contributed by atoms with Gasteiger partial charge in [0.1, 0.15) is 5.82 Å². The maximum absolute atomic E-state index is 13.0. The molecule has 0 saturated heterocycles. The number of nitrogens with zero attached hydrogens (tertiary/aromatic N) is 1. The molecule has 0 aliphatic rings. The fraction of sp³-hybridized carbons (Fsp3) is 0.0435. The van der Waals surface area contributed by atoms with E-state index in [9.17, 15) is 14.0 Å². The molecule has 3 aromatic carbocycles. The fourth-order valence-corrected chi connectivity index (χ4v) is 3.18. The molecule has 0 aliphatic carbocycles. The minimum atomic E-state index is -0.755. The third-order valence-electron chi connectivity index (χ3n) is 4.54. The number of Topliss-reactive ketones (excluding diaryl/α,β-unsaturated/α-hetero) is 1. The van der Waals surface area contributed by atoms with E-state index in [0.717, 1.165) is 16.5 Å². The Bertz CT molecular complexity index is 1150. The van der Waals surface area contributed by atoms with E-state index in [1.165, 1.54) is 24.3 Å². The van der Waals surface area contributed by atoms with Gasteiger partial charge >= 0.3 is 0 Å². The van der Waals surface area contributed by atoms with E-state index in [2.05, 4.69) is 5.32 Å². The van der Waals surface area contributed by atoms with Crippen molar-refractivity contribution in [2.45, 2.75) is 6.54 Å². The van der Waals surface area contributed by atoms with Crippen LogP contribution in [0.15, 0.2) is 85.1 Å². The third-order valence-corrected chi connectivity index (χ3v) is 4.54. The van der Waals surface area contributed by atoms with Crippen LogP contribution in [0.2, 0.25) is 0 Å². The van der Waals surface area contributed by atoms with Crippen molar-refractivity contribution in [1.29, 1.82) is 0 Å². The molecule has 4 nitrogen and oxygen atoms in total. The van der Waals surface area contributed by atoms with E-state index < -0.39 is 17.5 Å². The third kappa shape index (κ3) is 3.55. The van der Waals surface area contributed by atoms with Gasteiger partial charge in [0.25, 0.3) is 11.7 Å². The second-order valence-electron chi connectivity index (χ2n) is 6.46. The van der Waals surface area contributed by atoms with Crippen molar-refractivity contribution in [3.63, 3.8) is 0 Å². The predicted molar refractivity (Wildman–Crippen MR) is 107 cm³/mol. The zero-order chi connectivity index (χ0) is 19.5. The molecule has 0 spiro atoms. The topological polar surface area (TPSA) is 51.1 Å². The number of carbonyl (C=O) groups excluding carboxylic acids is 2. The standard InChI is InChI=1S/C23H17FN2O2/c24-17-10-12-18(13-11-17)25-23(28)22(27)20-15-26(14-16-6-2-1-3-7-16)21-9-5-4-8-19(20)21/h1-13,15H,14H2,(H,25,28). The van der Waals surface area contributed by atoms with Gasteiger partial charge in [0.2, 0.25) is 0 Å². The summed E-state index contributed by atoms with van der Waals surface area (Å²) in [7, 11) is 0. The van der Waals surface area contributed by atoms with E-state index in [4.69, 9.17) is 0 Å². The number of amides is 1. The van der Waals surface area contributed by atoms with Crippen molar-refractivity contribution < 1.29 is 14.0 Å². The normalized spacial score (nSPS) is 10.8. The number of ketones is 1. The Hall–Kier alpha value is -3.73. The summed E-state index contributed by atoms with van der Waals surface area (Å²) >= 11 is 0. The van der Waals surface area contributed by atoms with Gasteiger partial charge in [-0.15, -0.1) is 0 Å². The number of benzene rings is 3. The SMILES string of the molecule is O=C(Nc1ccc(F)cc1)C(=O)c1cn(Cc2ccccc2)c2ccccc12. The van der Waals surface area contributed by atoms with E-state index in [-0.39, 0.29) is 0 Å². The van der Waals surface area contributed by atoms with E-state index in [0.29, 0.717) is 17.8 Å². The molecule has 1 amide bonds. The van der Waals surface area contributed by atoms with Crippen LogP contribution < -0.4 is 5.32 Å². The van der Waals surface area contributed by atoms with Crippen molar-refractivity contribution in [2.24, 2.45) is 0 Å². The summed E-state index contributed by atoms with van der Waals surface area (Å²) < 4.78 is 15.0. The van der Waals surface area contributed by atoms with Crippen molar-refractivity contribution in [1.82, 2.24) is 4.57 Å². The fourth-order valence-electron chi connectivity index (χ4n) is 3.18. The van der Waals surface area contributed by atoms with Gasteiger partial charge in [0.15, 0.2) is 0 Å². The van der Waals surface area contributed by atoms with Crippen molar-refractivity contribution >= 4 is 28.3 Å². The number of carbonyl (C=O) groups is 2. The van der Waals surface area contributed by atoms with Crippen LogP contribution in [-0.2, 0) is 11.3 Å². The highest BCUT2D eigenvalue weighted by Gasteiger charge is 2.21. The molecular weight excluding hydrogens is 355 g/mol. The van der Waals surface area contributed by atoms with Gasteiger partial charge < -0.3 is 9.88 Å². The molecule has 0 aliphatic heterocycles. The molecule has 5 heteroatoms. The van der Waals surface area contributed by atoms with Crippen LogP contribution in [0.1, 0.15) is 15.9 Å². The highest BCUT2D eigenvalue weighted by Crippen LogP contribution is 2.23. The number of fused-ring (bicyclic) bond motifs is 1. The Morgan fingerprint density at radius 1 is 0.857 bits per heavy atom. The van der Waals surface area contributed by atoms with Crippen LogP contribution in [0, 0.1) is 5.82 Å². The Morgan fingerprint density at radius 3 is 2.29 bits per heavy atom. The minimum Gasteiger partial charge on any atom is -0.342 e. The van der Waals surface area contributed by atoms with E-state index >= 15 is 0 Å². The number of aromatic nitrogens is 1. The first kappa shape index (κ1) is 17.7. The molecule has 1 heterocycles. The molecule has 0 bridgehead atoms. The summed E-state index contributed by atoms with van der Waals surface area (Å²) in [5.74, 6) is -1.80.